The Bertz CT molecular complexity index is 664. The van der Waals surface area contributed by atoms with Crippen LogP contribution in [0.15, 0.2) is 45.3 Å². The van der Waals surface area contributed by atoms with Crippen molar-refractivity contribution >= 4 is 21.8 Å². The number of nitrogens with one attached hydrogen (secondary N) is 1. The van der Waals surface area contributed by atoms with Crippen molar-refractivity contribution in [3.63, 3.8) is 0 Å². The van der Waals surface area contributed by atoms with Gasteiger partial charge in [-0.15, -0.1) is 0 Å². The van der Waals surface area contributed by atoms with Crippen LogP contribution in [0.4, 0.5) is 0 Å². The molecule has 1 heterocycles. The third kappa shape index (κ3) is 5.39. The average molecular weight is 394 g/mol. The molecule has 0 spiro atoms. The van der Waals surface area contributed by atoms with E-state index in [0.29, 0.717) is 18.9 Å². The Kier molecular flexibility index (Phi) is 5.93. The molecule has 128 valence electrons. The Hall–Kier alpha value is -1.79. The average Bonchev–Trinajstić information content (AvgIpc) is 3.29. The van der Waals surface area contributed by atoms with Crippen molar-refractivity contribution in [2.24, 2.45) is 5.92 Å². The minimum atomic E-state index is -0.236. The lowest BCUT2D eigenvalue weighted by Gasteiger charge is -2.05. The monoisotopic (exact) mass is 393 g/mol. The number of furan rings is 1. The van der Waals surface area contributed by atoms with Gasteiger partial charge in [-0.3, -0.25) is 4.79 Å². The van der Waals surface area contributed by atoms with Gasteiger partial charge in [0.05, 0.1) is 6.61 Å². The van der Waals surface area contributed by atoms with Crippen LogP contribution in [0.25, 0.3) is 0 Å². The molecular formula is C18H20BrNO4. The lowest BCUT2D eigenvalue weighted by atomic mass is 10.3. The van der Waals surface area contributed by atoms with Gasteiger partial charge in [-0.25, -0.2) is 0 Å². The van der Waals surface area contributed by atoms with Gasteiger partial charge in [0.15, 0.2) is 5.76 Å². The normalized spacial score (nSPS) is 13.7. The first-order valence-electron chi connectivity index (χ1n) is 8.04. The molecule has 24 heavy (non-hydrogen) atoms. The van der Waals surface area contributed by atoms with E-state index in [-0.39, 0.29) is 18.3 Å². The molecule has 0 atom stereocenters. The van der Waals surface area contributed by atoms with Gasteiger partial charge in [0.25, 0.3) is 5.91 Å². The number of ether oxygens (including phenoxy) is 2. The Morgan fingerprint density at radius 3 is 2.75 bits per heavy atom. The molecule has 2 aromatic rings. The fraction of sp³-hybridized carbons (Fsp3) is 0.389. The van der Waals surface area contributed by atoms with E-state index in [0.717, 1.165) is 22.7 Å². The molecule has 1 aromatic heterocycles. The number of carbonyl (C=O) groups excluding carboxylic acids is 1. The molecule has 1 saturated carbocycles. The molecule has 0 aliphatic heterocycles. The summed E-state index contributed by atoms with van der Waals surface area (Å²) >= 11 is 3.37. The summed E-state index contributed by atoms with van der Waals surface area (Å²) in [5.74, 6) is 2.13. The summed E-state index contributed by atoms with van der Waals surface area (Å²) in [4.78, 5) is 12.0. The summed E-state index contributed by atoms with van der Waals surface area (Å²) in [6.07, 6.45) is 2.54. The molecule has 5 nitrogen and oxygen atoms in total. The summed E-state index contributed by atoms with van der Waals surface area (Å²) in [5.41, 5.74) is 0. The molecule has 0 bridgehead atoms. The maximum Gasteiger partial charge on any atom is 0.287 e. The number of hydrogen-bond donors (Lipinski definition) is 1. The number of hydrogen-bond acceptors (Lipinski definition) is 4. The Labute approximate surface area is 149 Å². The molecular weight excluding hydrogens is 374 g/mol. The maximum atomic E-state index is 12.0. The van der Waals surface area contributed by atoms with E-state index in [4.69, 9.17) is 13.9 Å². The molecule has 0 radical (unpaired) electrons. The summed E-state index contributed by atoms with van der Waals surface area (Å²) in [6, 6.07) is 10.9. The van der Waals surface area contributed by atoms with Gasteiger partial charge in [0.1, 0.15) is 18.1 Å². The molecule has 0 saturated heterocycles. The topological polar surface area (TPSA) is 60.7 Å². The SMILES string of the molecule is O=C(NCCOCC1CC1)c1ccc(COc2ccc(Br)cc2)o1. The van der Waals surface area contributed by atoms with Crippen molar-refractivity contribution in [1.29, 1.82) is 0 Å². The van der Waals surface area contributed by atoms with E-state index >= 15 is 0 Å². The Morgan fingerprint density at radius 2 is 2.00 bits per heavy atom. The van der Waals surface area contributed by atoms with Crippen LogP contribution in [0.1, 0.15) is 29.2 Å². The number of halogens is 1. The third-order valence-corrected chi connectivity index (χ3v) is 4.19. The van der Waals surface area contributed by atoms with Gasteiger partial charge >= 0.3 is 0 Å². The second kappa shape index (κ2) is 8.35. The van der Waals surface area contributed by atoms with Crippen molar-refractivity contribution < 1.29 is 18.7 Å². The van der Waals surface area contributed by atoms with Crippen molar-refractivity contribution in [2.45, 2.75) is 19.4 Å². The molecule has 1 amide bonds. The summed E-state index contributed by atoms with van der Waals surface area (Å²) in [6.45, 7) is 2.09. The first-order chi connectivity index (χ1) is 11.7. The van der Waals surface area contributed by atoms with Crippen molar-refractivity contribution in [3.8, 4) is 5.75 Å². The van der Waals surface area contributed by atoms with E-state index in [1.54, 1.807) is 12.1 Å². The quantitative estimate of drug-likeness (QED) is 0.658. The fourth-order valence-corrected chi connectivity index (χ4v) is 2.39. The molecule has 1 N–H and O–H groups in total. The Morgan fingerprint density at radius 1 is 1.21 bits per heavy atom. The van der Waals surface area contributed by atoms with Crippen LogP contribution in [-0.2, 0) is 11.3 Å². The highest BCUT2D eigenvalue weighted by atomic mass is 79.9. The zero-order chi connectivity index (χ0) is 16.8. The van der Waals surface area contributed by atoms with E-state index < -0.39 is 0 Å². The second-order valence-electron chi connectivity index (χ2n) is 5.78. The van der Waals surface area contributed by atoms with Crippen LogP contribution in [0.2, 0.25) is 0 Å². The molecule has 6 heteroatoms. The fourth-order valence-electron chi connectivity index (χ4n) is 2.12. The Balaban J connectivity index is 1.38. The predicted molar refractivity (Wildman–Crippen MR) is 93.1 cm³/mol. The summed E-state index contributed by atoms with van der Waals surface area (Å²) in [5, 5.41) is 2.78. The van der Waals surface area contributed by atoms with Crippen molar-refractivity contribution in [2.75, 3.05) is 19.8 Å². The third-order valence-electron chi connectivity index (χ3n) is 3.66. The number of carbonyl (C=O) groups is 1. The van der Waals surface area contributed by atoms with Gasteiger partial charge in [0.2, 0.25) is 0 Å². The minimum Gasteiger partial charge on any atom is -0.486 e. The highest BCUT2D eigenvalue weighted by molar-refractivity contribution is 9.10. The maximum absolute atomic E-state index is 12.0. The van der Waals surface area contributed by atoms with E-state index in [2.05, 4.69) is 21.2 Å². The van der Waals surface area contributed by atoms with Crippen LogP contribution in [0.5, 0.6) is 5.75 Å². The molecule has 1 aliphatic rings. The minimum absolute atomic E-state index is 0.236. The highest BCUT2D eigenvalue weighted by Gasteiger charge is 2.21. The van der Waals surface area contributed by atoms with Crippen LogP contribution in [0, 0.1) is 5.92 Å². The molecule has 0 unspecified atom stereocenters. The smallest absolute Gasteiger partial charge is 0.287 e. The van der Waals surface area contributed by atoms with Crippen molar-refractivity contribution in [1.82, 2.24) is 5.32 Å². The van der Waals surface area contributed by atoms with Gasteiger partial charge < -0.3 is 19.2 Å². The molecule has 1 aliphatic carbocycles. The van der Waals surface area contributed by atoms with E-state index in [1.165, 1.54) is 12.8 Å². The first-order valence-corrected chi connectivity index (χ1v) is 8.83. The van der Waals surface area contributed by atoms with Crippen LogP contribution in [0.3, 0.4) is 0 Å². The number of benzene rings is 1. The predicted octanol–water partition coefficient (Wildman–Crippen LogP) is 3.78. The molecule has 3 rings (SSSR count). The van der Waals surface area contributed by atoms with Gasteiger partial charge in [0, 0.05) is 17.6 Å². The van der Waals surface area contributed by atoms with E-state index in [1.807, 2.05) is 24.3 Å². The second-order valence-corrected chi connectivity index (χ2v) is 6.70. The van der Waals surface area contributed by atoms with Gasteiger partial charge in [-0.1, -0.05) is 15.9 Å². The van der Waals surface area contributed by atoms with Crippen LogP contribution < -0.4 is 10.1 Å². The highest BCUT2D eigenvalue weighted by Crippen LogP contribution is 2.28. The standard InChI is InChI=1S/C18H20BrNO4/c19-14-3-5-15(6-4-14)23-12-16-7-8-17(24-16)18(21)20-9-10-22-11-13-1-2-13/h3-8,13H,1-2,9-12H2,(H,20,21). The van der Waals surface area contributed by atoms with Crippen molar-refractivity contribution in [3.05, 3.63) is 52.4 Å². The van der Waals surface area contributed by atoms with Crippen LogP contribution >= 0.6 is 15.9 Å². The van der Waals surface area contributed by atoms with Crippen LogP contribution in [-0.4, -0.2) is 25.7 Å². The number of rotatable bonds is 9. The molecule has 1 aromatic carbocycles. The first kappa shape index (κ1) is 17.0. The summed E-state index contributed by atoms with van der Waals surface area (Å²) in [7, 11) is 0. The van der Waals surface area contributed by atoms with E-state index in [9.17, 15) is 4.79 Å². The van der Waals surface area contributed by atoms with Gasteiger partial charge in [-0.05, 0) is 55.2 Å². The lowest BCUT2D eigenvalue weighted by molar-refractivity contribution is 0.0877. The van der Waals surface area contributed by atoms with Gasteiger partial charge in [-0.2, -0.15) is 0 Å². The largest absolute Gasteiger partial charge is 0.486 e. The molecule has 1 fully saturated rings. The summed E-state index contributed by atoms with van der Waals surface area (Å²) < 4.78 is 17.6. The number of amides is 1. The lowest BCUT2D eigenvalue weighted by Crippen LogP contribution is -2.27. The zero-order valence-corrected chi connectivity index (χ0v) is 14.9. The zero-order valence-electron chi connectivity index (χ0n) is 13.3.